The summed E-state index contributed by atoms with van der Waals surface area (Å²) in [6, 6.07) is 0. The van der Waals surface area contributed by atoms with Crippen LogP contribution >= 0.6 is 24.0 Å². The van der Waals surface area contributed by atoms with E-state index in [4.69, 9.17) is 9.73 Å². The summed E-state index contributed by atoms with van der Waals surface area (Å²) in [6.45, 7) is 15.5. The smallest absolute Gasteiger partial charge is 0.191 e. The predicted octanol–water partition coefficient (Wildman–Crippen LogP) is 2.85. The molecule has 0 aromatic carbocycles. The van der Waals surface area contributed by atoms with Gasteiger partial charge in [0.25, 0.3) is 0 Å². The van der Waals surface area contributed by atoms with Gasteiger partial charge in [0, 0.05) is 45.2 Å². The Morgan fingerprint density at radius 3 is 2.54 bits per heavy atom. The standard InChI is InChI=1S/C21H42N4O2.HI/c1-5-22-20(23-11-7-12-25-13-9-18(26)10-14-25)24-16-17-8-6-15-27-19(17)21(2,3)4;/h17-19,26H,5-16H2,1-4H3,(H2,22,23,24);1H. The highest BCUT2D eigenvalue weighted by molar-refractivity contribution is 14.0. The largest absolute Gasteiger partial charge is 0.393 e. The fraction of sp³-hybridized carbons (Fsp3) is 0.952. The fourth-order valence-corrected chi connectivity index (χ4v) is 4.19. The van der Waals surface area contributed by atoms with Crippen LogP contribution in [0.4, 0.5) is 0 Å². The van der Waals surface area contributed by atoms with E-state index in [1.165, 1.54) is 6.42 Å². The topological polar surface area (TPSA) is 69.1 Å². The molecule has 2 rings (SSSR count). The lowest BCUT2D eigenvalue weighted by molar-refractivity contribution is -0.0823. The van der Waals surface area contributed by atoms with E-state index in [1.807, 2.05) is 0 Å². The number of rotatable bonds is 7. The summed E-state index contributed by atoms with van der Waals surface area (Å²) < 4.78 is 6.09. The second kappa shape index (κ2) is 13.2. The summed E-state index contributed by atoms with van der Waals surface area (Å²) in [5.74, 6) is 1.42. The number of guanidine groups is 1. The number of hydrogen-bond acceptors (Lipinski definition) is 4. The second-order valence-corrected chi connectivity index (χ2v) is 9.13. The minimum Gasteiger partial charge on any atom is -0.393 e. The molecule has 2 fully saturated rings. The number of aliphatic hydroxyl groups excluding tert-OH is 1. The van der Waals surface area contributed by atoms with E-state index >= 15 is 0 Å². The summed E-state index contributed by atoms with van der Waals surface area (Å²) in [5, 5.41) is 16.4. The quantitative estimate of drug-likeness (QED) is 0.213. The van der Waals surface area contributed by atoms with Crippen LogP contribution in [-0.4, -0.2) is 74.0 Å². The van der Waals surface area contributed by atoms with E-state index in [0.717, 1.165) is 77.5 Å². The van der Waals surface area contributed by atoms with Crippen molar-refractivity contribution in [3.05, 3.63) is 0 Å². The van der Waals surface area contributed by atoms with E-state index < -0.39 is 0 Å². The SMILES string of the molecule is CCNC(=NCC1CCCOC1C(C)(C)C)NCCCN1CCC(O)CC1.I. The number of hydrogen-bond donors (Lipinski definition) is 3. The van der Waals surface area contributed by atoms with Gasteiger partial charge in [0.1, 0.15) is 0 Å². The molecule has 3 N–H and O–H groups in total. The lowest BCUT2D eigenvalue weighted by Crippen LogP contribution is -2.43. The van der Waals surface area contributed by atoms with Gasteiger partial charge in [-0.15, -0.1) is 24.0 Å². The molecule has 0 bridgehead atoms. The van der Waals surface area contributed by atoms with Gasteiger partial charge in [0.05, 0.1) is 12.2 Å². The number of aliphatic imine (C=N–C) groups is 1. The summed E-state index contributed by atoms with van der Waals surface area (Å²) in [7, 11) is 0. The van der Waals surface area contributed by atoms with Gasteiger partial charge < -0.3 is 25.4 Å². The van der Waals surface area contributed by atoms with E-state index in [-0.39, 0.29) is 41.6 Å². The maximum absolute atomic E-state index is 9.59. The number of piperidine rings is 1. The van der Waals surface area contributed by atoms with Gasteiger partial charge in [-0.2, -0.15) is 0 Å². The minimum atomic E-state index is -0.0902. The average Bonchev–Trinajstić information content (AvgIpc) is 2.64. The summed E-state index contributed by atoms with van der Waals surface area (Å²) in [6.07, 6.45) is 5.45. The zero-order valence-corrected chi connectivity index (χ0v) is 20.7. The molecule has 2 aliphatic heterocycles. The monoisotopic (exact) mass is 510 g/mol. The third kappa shape index (κ3) is 9.13. The van der Waals surface area contributed by atoms with Gasteiger partial charge in [0.2, 0.25) is 0 Å². The van der Waals surface area contributed by atoms with Crippen molar-refractivity contribution in [1.82, 2.24) is 15.5 Å². The molecule has 0 amide bonds. The fourth-order valence-electron chi connectivity index (χ4n) is 4.19. The van der Waals surface area contributed by atoms with Crippen LogP contribution in [0, 0.1) is 11.3 Å². The van der Waals surface area contributed by atoms with Gasteiger partial charge >= 0.3 is 0 Å². The van der Waals surface area contributed by atoms with E-state index in [2.05, 4.69) is 43.2 Å². The van der Waals surface area contributed by atoms with E-state index in [9.17, 15) is 5.11 Å². The second-order valence-electron chi connectivity index (χ2n) is 9.13. The van der Waals surface area contributed by atoms with Gasteiger partial charge in [-0.3, -0.25) is 4.99 Å². The Bertz CT molecular complexity index is 448. The lowest BCUT2D eigenvalue weighted by atomic mass is 9.78. The van der Waals surface area contributed by atoms with Gasteiger partial charge in [-0.05, 0) is 51.0 Å². The molecule has 28 heavy (non-hydrogen) atoms. The first-order chi connectivity index (χ1) is 12.9. The van der Waals surface area contributed by atoms with Crippen molar-refractivity contribution in [3.8, 4) is 0 Å². The van der Waals surface area contributed by atoms with Crippen LogP contribution in [0.25, 0.3) is 0 Å². The molecule has 0 aliphatic carbocycles. The Morgan fingerprint density at radius 2 is 1.89 bits per heavy atom. The summed E-state index contributed by atoms with van der Waals surface area (Å²) in [5.41, 5.74) is 0.161. The molecule has 2 atom stereocenters. The molecule has 0 aromatic rings. The molecular weight excluding hydrogens is 467 g/mol. The Morgan fingerprint density at radius 1 is 1.18 bits per heavy atom. The number of aliphatic hydroxyl groups is 1. The van der Waals surface area contributed by atoms with Crippen molar-refractivity contribution < 1.29 is 9.84 Å². The molecule has 2 aliphatic rings. The van der Waals surface area contributed by atoms with Crippen LogP contribution < -0.4 is 10.6 Å². The Kier molecular flexibility index (Phi) is 12.3. The highest BCUT2D eigenvalue weighted by Crippen LogP contribution is 2.34. The molecule has 2 unspecified atom stereocenters. The maximum atomic E-state index is 9.59. The Balaban J connectivity index is 0.00000392. The summed E-state index contributed by atoms with van der Waals surface area (Å²) in [4.78, 5) is 7.31. The lowest BCUT2D eigenvalue weighted by Gasteiger charge is -2.39. The third-order valence-corrected chi connectivity index (χ3v) is 5.63. The molecule has 0 saturated carbocycles. The minimum absolute atomic E-state index is 0. The van der Waals surface area contributed by atoms with Gasteiger partial charge in [0.15, 0.2) is 5.96 Å². The van der Waals surface area contributed by atoms with Crippen molar-refractivity contribution in [1.29, 1.82) is 0 Å². The number of ether oxygens (including phenoxy) is 1. The van der Waals surface area contributed by atoms with Crippen molar-refractivity contribution in [2.45, 2.75) is 72.0 Å². The first-order valence-corrected chi connectivity index (χ1v) is 10.9. The highest BCUT2D eigenvalue weighted by atomic mass is 127. The zero-order chi connectivity index (χ0) is 19.7. The number of halogens is 1. The van der Waals surface area contributed by atoms with Crippen molar-refractivity contribution >= 4 is 29.9 Å². The first kappa shape index (κ1) is 25.9. The van der Waals surface area contributed by atoms with Crippen LogP contribution in [0.5, 0.6) is 0 Å². The van der Waals surface area contributed by atoms with Crippen LogP contribution in [0.2, 0.25) is 0 Å². The Hall–Kier alpha value is -0.120. The predicted molar refractivity (Wildman–Crippen MR) is 128 cm³/mol. The molecule has 166 valence electrons. The number of nitrogens with zero attached hydrogens (tertiary/aromatic N) is 2. The van der Waals surface area contributed by atoms with E-state index in [0.29, 0.717) is 5.92 Å². The molecular formula is C21H43IN4O2. The van der Waals surface area contributed by atoms with Crippen molar-refractivity contribution in [2.75, 3.05) is 45.9 Å². The third-order valence-electron chi connectivity index (χ3n) is 5.63. The van der Waals surface area contributed by atoms with Crippen LogP contribution in [0.3, 0.4) is 0 Å². The van der Waals surface area contributed by atoms with Crippen molar-refractivity contribution in [2.24, 2.45) is 16.3 Å². The molecule has 2 saturated heterocycles. The highest BCUT2D eigenvalue weighted by Gasteiger charge is 2.35. The molecule has 0 aromatic heterocycles. The normalized spacial score (nSPS) is 25.2. The van der Waals surface area contributed by atoms with Gasteiger partial charge in [-0.1, -0.05) is 20.8 Å². The first-order valence-electron chi connectivity index (χ1n) is 10.9. The summed E-state index contributed by atoms with van der Waals surface area (Å²) >= 11 is 0. The molecule has 6 nitrogen and oxygen atoms in total. The molecule has 0 radical (unpaired) electrons. The molecule has 2 heterocycles. The molecule has 7 heteroatoms. The van der Waals surface area contributed by atoms with Crippen molar-refractivity contribution in [3.63, 3.8) is 0 Å². The van der Waals surface area contributed by atoms with Crippen LogP contribution in [-0.2, 0) is 4.74 Å². The number of nitrogens with one attached hydrogen (secondary N) is 2. The van der Waals surface area contributed by atoms with Gasteiger partial charge in [-0.25, -0.2) is 0 Å². The van der Waals surface area contributed by atoms with Crippen LogP contribution in [0.15, 0.2) is 4.99 Å². The molecule has 0 spiro atoms. The maximum Gasteiger partial charge on any atom is 0.191 e. The van der Waals surface area contributed by atoms with Crippen LogP contribution in [0.1, 0.15) is 59.8 Å². The van der Waals surface area contributed by atoms with E-state index in [1.54, 1.807) is 0 Å². The Labute approximate surface area is 189 Å². The average molecular weight is 511 g/mol. The number of likely N-dealkylation sites (tertiary alicyclic amines) is 1. The zero-order valence-electron chi connectivity index (χ0n) is 18.4.